The van der Waals surface area contributed by atoms with E-state index in [1.807, 2.05) is 0 Å². The number of rotatable bonds is 4. The minimum Gasteiger partial charge on any atom is -0.460 e. The fourth-order valence-corrected chi connectivity index (χ4v) is 2.16. The van der Waals surface area contributed by atoms with Gasteiger partial charge in [0.05, 0.1) is 5.69 Å². The highest BCUT2D eigenvalue weighted by Crippen LogP contribution is 2.35. The molecule has 0 radical (unpaired) electrons. The van der Waals surface area contributed by atoms with Gasteiger partial charge in [-0.3, -0.25) is 0 Å². The second kappa shape index (κ2) is 6.31. The first-order valence-electron chi connectivity index (χ1n) is 7.82. The van der Waals surface area contributed by atoms with E-state index >= 15 is 0 Å². The normalized spacial score (nSPS) is 13.2. The molecule has 3 aromatic heterocycles. The Morgan fingerprint density at radius 1 is 1.00 bits per heavy atom. The quantitative estimate of drug-likeness (QED) is 0.610. The van der Waals surface area contributed by atoms with E-state index in [0.717, 1.165) is 30.6 Å². The van der Waals surface area contributed by atoms with Crippen molar-refractivity contribution in [3.63, 3.8) is 0 Å². The molecule has 3 rings (SSSR count). The van der Waals surface area contributed by atoms with Gasteiger partial charge in [0, 0.05) is 18.7 Å². The van der Waals surface area contributed by atoms with Crippen molar-refractivity contribution in [3.05, 3.63) is 36.0 Å². The Kier molecular flexibility index (Phi) is 4.47. The maximum Gasteiger partial charge on any atom is 0.427 e. The zero-order valence-corrected chi connectivity index (χ0v) is 14.7. The topological polar surface area (TPSA) is 65.2 Å². The van der Waals surface area contributed by atoms with Crippen LogP contribution in [0.2, 0.25) is 0 Å². The average Bonchev–Trinajstić information content (AvgIpc) is 2.98. The Hall–Kier alpha value is -2.92. The molecule has 0 aromatic carbocycles. The number of aromatic nitrogens is 5. The van der Waals surface area contributed by atoms with E-state index < -0.39 is 35.2 Å². The number of halogens is 6. The number of fused-ring (bicyclic) bond motifs is 1. The molecule has 12 heteroatoms. The van der Waals surface area contributed by atoms with Crippen LogP contribution in [0.4, 0.5) is 26.3 Å². The molecule has 3 heterocycles. The largest absolute Gasteiger partial charge is 0.460 e. The molecule has 0 amide bonds. The zero-order chi connectivity index (χ0) is 20.9. The van der Waals surface area contributed by atoms with Gasteiger partial charge in [0.25, 0.3) is 5.88 Å². The third-order valence-corrected chi connectivity index (χ3v) is 3.79. The molecule has 0 spiro atoms. The van der Waals surface area contributed by atoms with Crippen LogP contribution in [0.3, 0.4) is 0 Å². The first kappa shape index (κ1) is 19.8. The van der Waals surface area contributed by atoms with Crippen molar-refractivity contribution in [3.8, 4) is 17.1 Å². The number of ether oxygens (including phenoxy) is 1. The molecular weight excluding hydrogens is 392 g/mol. The van der Waals surface area contributed by atoms with Crippen LogP contribution in [-0.4, -0.2) is 36.6 Å². The Balaban J connectivity index is 1.98. The number of nitrogens with zero attached hydrogens (tertiary/aromatic N) is 5. The minimum atomic E-state index is -4.75. The van der Waals surface area contributed by atoms with Crippen LogP contribution in [0.25, 0.3) is 16.9 Å². The lowest BCUT2D eigenvalue weighted by atomic mass is 10.1. The van der Waals surface area contributed by atoms with Crippen LogP contribution in [0.1, 0.15) is 26.6 Å². The Labute approximate surface area is 154 Å². The van der Waals surface area contributed by atoms with Crippen molar-refractivity contribution in [2.24, 2.45) is 0 Å². The van der Waals surface area contributed by atoms with Crippen LogP contribution < -0.4 is 4.74 Å². The van der Waals surface area contributed by atoms with Gasteiger partial charge in [0.1, 0.15) is 0 Å². The van der Waals surface area contributed by atoms with Crippen molar-refractivity contribution in [1.82, 2.24) is 24.8 Å². The van der Waals surface area contributed by atoms with Crippen molar-refractivity contribution >= 4 is 5.65 Å². The van der Waals surface area contributed by atoms with Crippen LogP contribution in [0.5, 0.6) is 5.88 Å². The lowest BCUT2D eigenvalue weighted by Crippen LogP contribution is -2.45. The van der Waals surface area contributed by atoms with E-state index in [2.05, 4.69) is 25.0 Å². The maximum absolute atomic E-state index is 14.2. The van der Waals surface area contributed by atoms with E-state index in [-0.39, 0.29) is 16.9 Å². The highest BCUT2D eigenvalue weighted by molar-refractivity contribution is 5.59. The van der Waals surface area contributed by atoms with Gasteiger partial charge < -0.3 is 4.74 Å². The predicted molar refractivity (Wildman–Crippen MR) is 84.3 cm³/mol. The van der Waals surface area contributed by atoms with Crippen LogP contribution in [0.15, 0.2) is 24.4 Å². The minimum absolute atomic E-state index is 0.0332. The van der Waals surface area contributed by atoms with Crippen molar-refractivity contribution in [2.75, 3.05) is 0 Å². The molecular formula is C16H13F6N5O. The Morgan fingerprint density at radius 2 is 1.68 bits per heavy atom. The van der Waals surface area contributed by atoms with Crippen LogP contribution in [-0.2, 0) is 5.92 Å². The van der Waals surface area contributed by atoms with E-state index in [1.54, 1.807) is 0 Å². The summed E-state index contributed by atoms with van der Waals surface area (Å²) in [6.45, 7) is 2.08. The summed E-state index contributed by atoms with van der Waals surface area (Å²) in [6.07, 6.45) is -3.73. The fraction of sp³-hybridized carbons (Fsp3) is 0.375. The summed E-state index contributed by atoms with van der Waals surface area (Å²) in [7, 11) is 0. The molecule has 0 bridgehead atoms. The van der Waals surface area contributed by atoms with Crippen molar-refractivity contribution in [1.29, 1.82) is 0 Å². The average molecular weight is 405 g/mol. The number of hydrogen-bond acceptors (Lipinski definition) is 5. The van der Waals surface area contributed by atoms with Gasteiger partial charge in [0.15, 0.2) is 17.1 Å². The summed E-state index contributed by atoms with van der Waals surface area (Å²) in [6, 6.07) is 3.54. The van der Waals surface area contributed by atoms with Crippen LogP contribution >= 0.6 is 0 Å². The summed E-state index contributed by atoms with van der Waals surface area (Å²) in [4.78, 5) is 3.57. The summed E-state index contributed by atoms with van der Waals surface area (Å²) in [5.41, 5.74) is -2.55. The number of hydrogen-bond donors (Lipinski definition) is 0. The molecule has 0 fully saturated rings. The number of pyridine rings is 1. The third kappa shape index (κ3) is 3.58. The lowest BCUT2D eigenvalue weighted by molar-refractivity contribution is -0.235. The molecule has 0 saturated carbocycles. The standard InChI is InChI=1S/C16H13F6N5O/c1-14(2,16(20,21)22)28-12-9(17)6-8(7-23-12)10-4-5-11-24-25-13(15(3,18)19)27(11)26-10/h4-7H,1-3H3. The number of alkyl halides is 5. The van der Waals surface area contributed by atoms with E-state index in [9.17, 15) is 26.3 Å². The zero-order valence-electron chi connectivity index (χ0n) is 14.7. The molecule has 0 saturated heterocycles. The summed E-state index contributed by atoms with van der Waals surface area (Å²) >= 11 is 0. The summed E-state index contributed by atoms with van der Waals surface area (Å²) < 4.78 is 85.5. The molecule has 0 atom stereocenters. The molecule has 0 aliphatic carbocycles. The SMILES string of the molecule is CC(F)(F)c1nnc2ccc(-c3cnc(OC(C)(C)C(F)(F)F)c(F)c3)nn12. The lowest BCUT2D eigenvalue weighted by Gasteiger charge is -2.28. The van der Waals surface area contributed by atoms with Gasteiger partial charge >= 0.3 is 12.1 Å². The van der Waals surface area contributed by atoms with E-state index in [1.165, 1.54) is 12.1 Å². The Morgan fingerprint density at radius 3 is 2.25 bits per heavy atom. The first-order valence-corrected chi connectivity index (χ1v) is 7.82. The second-order valence-corrected chi connectivity index (χ2v) is 6.52. The van der Waals surface area contributed by atoms with Gasteiger partial charge in [0.2, 0.25) is 5.82 Å². The first-order chi connectivity index (χ1) is 12.8. The van der Waals surface area contributed by atoms with E-state index in [4.69, 9.17) is 0 Å². The van der Waals surface area contributed by atoms with Crippen molar-refractivity contribution < 1.29 is 31.1 Å². The highest BCUT2D eigenvalue weighted by atomic mass is 19.4. The van der Waals surface area contributed by atoms with Gasteiger partial charge in [-0.2, -0.15) is 31.6 Å². The van der Waals surface area contributed by atoms with E-state index in [0.29, 0.717) is 6.92 Å². The smallest absolute Gasteiger partial charge is 0.427 e. The molecule has 0 aliphatic heterocycles. The third-order valence-electron chi connectivity index (χ3n) is 3.79. The molecule has 0 aliphatic rings. The van der Waals surface area contributed by atoms with Gasteiger partial charge in [-0.1, -0.05) is 0 Å². The monoisotopic (exact) mass is 405 g/mol. The van der Waals surface area contributed by atoms with Crippen molar-refractivity contribution in [2.45, 2.75) is 38.5 Å². The molecule has 0 N–H and O–H groups in total. The fourth-order valence-electron chi connectivity index (χ4n) is 2.16. The summed E-state index contributed by atoms with van der Waals surface area (Å²) in [5.74, 6) is -6.06. The molecule has 150 valence electrons. The molecule has 6 nitrogen and oxygen atoms in total. The predicted octanol–water partition coefficient (Wildman–Crippen LogP) is 4.16. The summed E-state index contributed by atoms with van der Waals surface area (Å²) in [5, 5.41) is 10.9. The van der Waals surface area contributed by atoms with Gasteiger partial charge in [-0.25, -0.2) is 9.37 Å². The Bertz CT molecular complexity index is 1020. The van der Waals surface area contributed by atoms with Gasteiger partial charge in [-0.05, 0) is 32.0 Å². The molecule has 3 aromatic rings. The molecule has 28 heavy (non-hydrogen) atoms. The maximum atomic E-state index is 14.2. The molecule has 0 unspecified atom stereocenters. The van der Waals surface area contributed by atoms with Gasteiger partial charge in [-0.15, -0.1) is 10.2 Å². The highest BCUT2D eigenvalue weighted by Gasteiger charge is 2.50. The van der Waals surface area contributed by atoms with Crippen LogP contribution in [0, 0.1) is 5.82 Å². The second-order valence-electron chi connectivity index (χ2n) is 6.52.